The van der Waals surface area contributed by atoms with Gasteiger partial charge in [-0.15, -0.1) is 0 Å². The number of amides is 2. The van der Waals surface area contributed by atoms with Crippen LogP contribution in [0.15, 0.2) is 0 Å². The zero-order valence-corrected chi connectivity index (χ0v) is 11.1. The zero-order chi connectivity index (χ0) is 13.0. The van der Waals surface area contributed by atoms with Gasteiger partial charge in [-0.1, -0.05) is 6.92 Å². The summed E-state index contributed by atoms with van der Waals surface area (Å²) >= 11 is 0. The van der Waals surface area contributed by atoms with Crippen molar-refractivity contribution in [2.24, 2.45) is 5.92 Å². The van der Waals surface area contributed by atoms with E-state index in [0.717, 1.165) is 45.3 Å². The monoisotopic (exact) mass is 253 g/mol. The van der Waals surface area contributed by atoms with Crippen LogP contribution in [-0.2, 0) is 9.59 Å². The lowest BCUT2D eigenvalue weighted by Crippen LogP contribution is -2.50. The summed E-state index contributed by atoms with van der Waals surface area (Å²) in [5.74, 6) is 0.593. The maximum atomic E-state index is 11.9. The maximum Gasteiger partial charge on any atom is 0.241 e. The topological polar surface area (TPSA) is 61.4 Å². The van der Waals surface area contributed by atoms with Gasteiger partial charge in [0.05, 0.1) is 12.6 Å². The number of hydrogen-bond acceptors (Lipinski definition) is 3. The minimum absolute atomic E-state index is 0.0332. The fourth-order valence-electron chi connectivity index (χ4n) is 2.67. The summed E-state index contributed by atoms with van der Waals surface area (Å²) in [5, 5.41) is 5.96. The molecular weight excluding hydrogens is 230 g/mol. The van der Waals surface area contributed by atoms with E-state index in [4.69, 9.17) is 0 Å². The average Bonchev–Trinajstić information content (AvgIpc) is 2.89. The van der Waals surface area contributed by atoms with Crippen LogP contribution in [0.3, 0.4) is 0 Å². The van der Waals surface area contributed by atoms with E-state index in [1.54, 1.807) is 0 Å². The molecule has 2 fully saturated rings. The van der Waals surface area contributed by atoms with Crippen molar-refractivity contribution in [3.8, 4) is 0 Å². The molecule has 2 N–H and O–H groups in total. The van der Waals surface area contributed by atoms with E-state index >= 15 is 0 Å². The van der Waals surface area contributed by atoms with Crippen molar-refractivity contribution < 1.29 is 9.59 Å². The Morgan fingerprint density at radius 2 is 2.06 bits per heavy atom. The molecule has 2 saturated heterocycles. The number of nitrogens with one attached hydrogen (secondary N) is 2. The van der Waals surface area contributed by atoms with Gasteiger partial charge in [-0.25, -0.2) is 0 Å². The molecule has 102 valence electrons. The molecule has 0 spiro atoms. The van der Waals surface area contributed by atoms with Gasteiger partial charge in [-0.2, -0.15) is 0 Å². The van der Waals surface area contributed by atoms with Gasteiger partial charge in [0.2, 0.25) is 11.8 Å². The van der Waals surface area contributed by atoms with Gasteiger partial charge in [0.25, 0.3) is 0 Å². The largest absolute Gasteiger partial charge is 0.346 e. The molecule has 2 amide bonds. The minimum Gasteiger partial charge on any atom is -0.346 e. The Labute approximate surface area is 108 Å². The van der Waals surface area contributed by atoms with Crippen LogP contribution in [0, 0.1) is 5.92 Å². The quantitative estimate of drug-likeness (QED) is 0.750. The second-order valence-corrected chi connectivity index (χ2v) is 5.44. The summed E-state index contributed by atoms with van der Waals surface area (Å²) in [6, 6.07) is -0.125. The molecule has 2 atom stereocenters. The van der Waals surface area contributed by atoms with Gasteiger partial charge in [-0.05, 0) is 38.1 Å². The highest BCUT2D eigenvalue weighted by atomic mass is 16.2. The van der Waals surface area contributed by atoms with Crippen LogP contribution in [0.4, 0.5) is 0 Å². The van der Waals surface area contributed by atoms with Crippen molar-refractivity contribution in [1.82, 2.24) is 15.5 Å². The molecule has 0 aromatic carbocycles. The third kappa shape index (κ3) is 3.45. The molecule has 2 rings (SSSR count). The number of nitrogens with zero attached hydrogens (tertiary/aromatic N) is 1. The van der Waals surface area contributed by atoms with Crippen LogP contribution in [0.5, 0.6) is 0 Å². The first-order valence-corrected chi connectivity index (χ1v) is 6.95. The molecule has 2 aliphatic rings. The SMILES string of the molecule is CC1CCNC(C(=O)NCC(=O)N2CCCC2)C1. The third-order valence-corrected chi connectivity index (χ3v) is 3.86. The van der Waals surface area contributed by atoms with Gasteiger partial charge >= 0.3 is 0 Å². The van der Waals surface area contributed by atoms with Gasteiger partial charge in [0.1, 0.15) is 0 Å². The third-order valence-electron chi connectivity index (χ3n) is 3.86. The first-order chi connectivity index (χ1) is 8.66. The average molecular weight is 253 g/mol. The fourth-order valence-corrected chi connectivity index (χ4v) is 2.67. The highest BCUT2D eigenvalue weighted by Crippen LogP contribution is 2.15. The predicted octanol–water partition coefficient (Wildman–Crippen LogP) is 0.113. The first-order valence-electron chi connectivity index (χ1n) is 6.95. The second kappa shape index (κ2) is 6.18. The normalized spacial score (nSPS) is 28.2. The lowest BCUT2D eigenvalue weighted by atomic mass is 9.94. The van der Waals surface area contributed by atoms with Crippen molar-refractivity contribution in [3.63, 3.8) is 0 Å². The Morgan fingerprint density at radius 3 is 2.72 bits per heavy atom. The lowest BCUT2D eigenvalue weighted by molar-refractivity contribution is -0.132. The molecule has 0 aliphatic carbocycles. The number of rotatable bonds is 3. The molecule has 5 nitrogen and oxygen atoms in total. The smallest absolute Gasteiger partial charge is 0.241 e. The van der Waals surface area contributed by atoms with Crippen LogP contribution in [0.25, 0.3) is 0 Å². The molecule has 0 radical (unpaired) electrons. The van der Waals surface area contributed by atoms with E-state index in [1.165, 1.54) is 0 Å². The van der Waals surface area contributed by atoms with Gasteiger partial charge in [-0.3, -0.25) is 9.59 Å². The number of carbonyl (C=O) groups is 2. The molecule has 0 bridgehead atoms. The number of likely N-dealkylation sites (tertiary alicyclic amines) is 1. The molecule has 2 unspecified atom stereocenters. The highest BCUT2D eigenvalue weighted by Gasteiger charge is 2.25. The van der Waals surface area contributed by atoms with Crippen LogP contribution in [0.1, 0.15) is 32.6 Å². The van der Waals surface area contributed by atoms with E-state index < -0.39 is 0 Å². The van der Waals surface area contributed by atoms with E-state index in [0.29, 0.717) is 5.92 Å². The van der Waals surface area contributed by atoms with Crippen molar-refractivity contribution >= 4 is 11.8 Å². The Kier molecular flexibility index (Phi) is 4.58. The number of carbonyl (C=O) groups excluding carboxylic acids is 2. The van der Waals surface area contributed by atoms with E-state index in [2.05, 4.69) is 17.6 Å². The summed E-state index contributed by atoms with van der Waals surface area (Å²) in [6.07, 6.45) is 4.16. The maximum absolute atomic E-state index is 11.9. The summed E-state index contributed by atoms with van der Waals surface area (Å²) in [7, 11) is 0. The standard InChI is InChI=1S/C13H23N3O2/c1-10-4-5-14-11(8-10)13(18)15-9-12(17)16-6-2-3-7-16/h10-11,14H,2-9H2,1H3,(H,15,18). The van der Waals surface area contributed by atoms with E-state index in [1.807, 2.05) is 4.90 Å². The van der Waals surface area contributed by atoms with Gasteiger partial charge < -0.3 is 15.5 Å². The summed E-state index contributed by atoms with van der Waals surface area (Å²) in [6.45, 7) is 4.88. The van der Waals surface area contributed by atoms with Crippen molar-refractivity contribution in [1.29, 1.82) is 0 Å². The highest BCUT2D eigenvalue weighted by molar-refractivity contribution is 5.87. The molecule has 0 saturated carbocycles. The van der Waals surface area contributed by atoms with E-state index in [9.17, 15) is 9.59 Å². The Bertz CT molecular complexity index is 313. The molecule has 18 heavy (non-hydrogen) atoms. The lowest BCUT2D eigenvalue weighted by Gasteiger charge is -2.27. The Balaban J connectivity index is 1.72. The number of hydrogen-bond donors (Lipinski definition) is 2. The second-order valence-electron chi connectivity index (χ2n) is 5.44. The molecular formula is C13H23N3O2. The van der Waals surface area contributed by atoms with Crippen LogP contribution in [0.2, 0.25) is 0 Å². The number of piperidine rings is 1. The summed E-state index contributed by atoms with van der Waals surface area (Å²) in [4.78, 5) is 25.5. The molecule has 0 aromatic rings. The van der Waals surface area contributed by atoms with Crippen LogP contribution < -0.4 is 10.6 Å². The van der Waals surface area contributed by atoms with Crippen LogP contribution >= 0.6 is 0 Å². The minimum atomic E-state index is -0.125. The molecule has 0 aromatic heterocycles. The van der Waals surface area contributed by atoms with E-state index in [-0.39, 0.29) is 24.4 Å². The Hall–Kier alpha value is -1.10. The molecule has 2 aliphatic heterocycles. The summed E-state index contributed by atoms with van der Waals surface area (Å²) in [5.41, 5.74) is 0. The Morgan fingerprint density at radius 1 is 1.33 bits per heavy atom. The van der Waals surface area contributed by atoms with Crippen molar-refractivity contribution in [3.05, 3.63) is 0 Å². The van der Waals surface area contributed by atoms with Crippen LogP contribution in [-0.4, -0.2) is 48.9 Å². The fraction of sp³-hybridized carbons (Fsp3) is 0.846. The van der Waals surface area contributed by atoms with Crippen molar-refractivity contribution in [2.75, 3.05) is 26.2 Å². The zero-order valence-electron chi connectivity index (χ0n) is 11.1. The van der Waals surface area contributed by atoms with Gasteiger partial charge in [0.15, 0.2) is 0 Å². The molecule has 5 heteroatoms. The van der Waals surface area contributed by atoms with Gasteiger partial charge in [0, 0.05) is 13.1 Å². The van der Waals surface area contributed by atoms with Crippen molar-refractivity contribution in [2.45, 2.75) is 38.6 Å². The molecule has 2 heterocycles. The first kappa shape index (κ1) is 13.3. The predicted molar refractivity (Wildman–Crippen MR) is 69.0 cm³/mol. The summed E-state index contributed by atoms with van der Waals surface area (Å²) < 4.78 is 0.